The quantitative estimate of drug-likeness (QED) is 0.694. The van der Waals surface area contributed by atoms with Crippen molar-refractivity contribution in [3.05, 3.63) is 28.8 Å². The molecule has 0 aliphatic heterocycles. The lowest BCUT2D eigenvalue weighted by atomic mass is 10.1. The van der Waals surface area contributed by atoms with Crippen molar-refractivity contribution in [1.82, 2.24) is 30.4 Å². The van der Waals surface area contributed by atoms with Crippen molar-refractivity contribution in [1.29, 1.82) is 0 Å². The van der Waals surface area contributed by atoms with Crippen LogP contribution in [-0.2, 0) is 13.5 Å². The van der Waals surface area contributed by atoms with Gasteiger partial charge in [0.2, 0.25) is 0 Å². The van der Waals surface area contributed by atoms with Gasteiger partial charge in [-0.2, -0.15) is 15.0 Å². The Morgan fingerprint density at radius 3 is 2.71 bits per heavy atom. The third-order valence-corrected chi connectivity index (χ3v) is 2.27. The highest BCUT2D eigenvalue weighted by atomic mass is 16.1. The molecule has 2 heterocycles. The Bertz CT molecular complexity index is 562. The minimum atomic E-state index is -0.0755. The molecule has 7 heteroatoms. The van der Waals surface area contributed by atoms with Crippen LogP contribution in [0.5, 0.6) is 0 Å². The number of nitrogens with zero attached hydrogens (tertiary/aromatic N) is 6. The maximum absolute atomic E-state index is 12.0. The zero-order chi connectivity index (χ0) is 12.4. The Morgan fingerprint density at radius 2 is 2.06 bits per heavy atom. The Balaban J connectivity index is 2.22. The number of hydrogen-bond donors (Lipinski definition) is 0. The molecular weight excluding hydrogens is 220 g/mol. The normalized spacial score (nSPS) is 10.5. The molecule has 0 spiro atoms. The summed E-state index contributed by atoms with van der Waals surface area (Å²) in [6, 6.07) is 1.72. The summed E-state index contributed by atoms with van der Waals surface area (Å²) in [5.41, 5.74) is 1.89. The average molecular weight is 232 g/mol. The SMILES string of the molecule is Cc1cc(C(=O)Cc2nnn(C)n2)c(C)nn1. The molecule has 17 heavy (non-hydrogen) atoms. The maximum Gasteiger partial charge on any atom is 0.182 e. The highest BCUT2D eigenvalue weighted by molar-refractivity contribution is 5.98. The summed E-state index contributed by atoms with van der Waals surface area (Å²) < 4.78 is 0. The second-order valence-corrected chi connectivity index (χ2v) is 3.78. The smallest absolute Gasteiger partial charge is 0.182 e. The van der Waals surface area contributed by atoms with Gasteiger partial charge in [0.05, 0.1) is 24.9 Å². The van der Waals surface area contributed by atoms with E-state index >= 15 is 0 Å². The van der Waals surface area contributed by atoms with Gasteiger partial charge in [0.25, 0.3) is 0 Å². The summed E-state index contributed by atoms with van der Waals surface area (Å²) in [6.07, 6.45) is 0.125. The van der Waals surface area contributed by atoms with Gasteiger partial charge in [-0.1, -0.05) is 0 Å². The van der Waals surface area contributed by atoms with Crippen LogP contribution in [0.4, 0.5) is 0 Å². The zero-order valence-electron chi connectivity index (χ0n) is 9.88. The molecule has 0 radical (unpaired) electrons. The molecule has 7 nitrogen and oxygen atoms in total. The van der Waals surface area contributed by atoms with Crippen LogP contribution < -0.4 is 0 Å². The molecule has 2 rings (SSSR count). The molecule has 0 bridgehead atoms. The van der Waals surface area contributed by atoms with Crippen molar-refractivity contribution in [2.75, 3.05) is 0 Å². The van der Waals surface area contributed by atoms with E-state index in [9.17, 15) is 4.79 Å². The Labute approximate surface area is 97.9 Å². The highest BCUT2D eigenvalue weighted by Gasteiger charge is 2.14. The molecule has 0 saturated carbocycles. The van der Waals surface area contributed by atoms with E-state index in [-0.39, 0.29) is 12.2 Å². The fraction of sp³-hybridized carbons (Fsp3) is 0.400. The Kier molecular flexibility index (Phi) is 2.90. The van der Waals surface area contributed by atoms with Gasteiger partial charge in [0.15, 0.2) is 11.6 Å². The fourth-order valence-electron chi connectivity index (χ4n) is 1.47. The molecule has 0 aliphatic carbocycles. The summed E-state index contributed by atoms with van der Waals surface area (Å²) >= 11 is 0. The van der Waals surface area contributed by atoms with Gasteiger partial charge in [0.1, 0.15) is 0 Å². The predicted molar refractivity (Wildman–Crippen MR) is 58.3 cm³/mol. The van der Waals surface area contributed by atoms with Gasteiger partial charge in [-0.3, -0.25) is 4.79 Å². The molecule has 0 fully saturated rings. The molecule has 2 aromatic rings. The molecule has 0 aliphatic rings. The minimum Gasteiger partial charge on any atom is -0.294 e. The molecule has 0 atom stereocenters. The number of aromatic nitrogens is 6. The van der Waals surface area contributed by atoms with Crippen LogP contribution in [0.25, 0.3) is 0 Å². The predicted octanol–water partition coefficient (Wildman–Crippen LogP) is 0.0423. The van der Waals surface area contributed by atoms with Crippen LogP contribution in [0.3, 0.4) is 0 Å². The van der Waals surface area contributed by atoms with Crippen molar-refractivity contribution < 1.29 is 4.79 Å². The van der Waals surface area contributed by atoms with Crippen molar-refractivity contribution in [3.8, 4) is 0 Å². The molecule has 0 amide bonds. The summed E-state index contributed by atoms with van der Waals surface area (Å²) in [6.45, 7) is 3.55. The van der Waals surface area contributed by atoms with Crippen LogP contribution in [0.15, 0.2) is 6.07 Å². The number of carbonyl (C=O) groups is 1. The standard InChI is InChI=1S/C10H12N6O/c1-6-4-8(7(2)12-11-6)9(17)5-10-13-15-16(3)14-10/h4H,5H2,1-3H3. The minimum absolute atomic E-state index is 0.0755. The van der Waals surface area contributed by atoms with Gasteiger partial charge >= 0.3 is 0 Å². The van der Waals surface area contributed by atoms with Crippen LogP contribution in [-0.4, -0.2) is 36.2 Å². The van der Waals surface area contributed by atoms with E-state index in [2.05, 4.69) is 25.6 Å². The first-order chi connectivity index (χ1) is 8.06. The lowest BCUT2D eigenvalue weighted by Crippen LogP contribution is -2.10. The van der Waals surface area contributed by atoms with E-state index in [1.165, 1.54) is 4.80 Å². The topological polar surface area (TPSA) is 86.5 Å². The van der Waals surface area contributed by atoms with E-state index < -0.39 is 0 Å². The van der Waals surface area contributed by atoms with E-state index in [1.807, 2.05) is 0 Å². The summed E-state index contributed by atoms with van der Waals surface area (Å²) in [4.78, 5) is 13.3. The third kappa shape index (κ3) is 2.49. The van der Waals surface area contributed by atoms with E-state index in [0.29, 0.717) is 22.8 Å². The molecule has 0 saturated heterocycles. The second kappa shape index (κ2) is 4.36. The molecular formula is C10H12N6O. The van der Waals surface area contributed by atoms with Gasteiger partial charge in [-0.15, -0.1) is 10.2 Å². The van der Waals surface area contributed by atoms with E-state index in [1.54, 1.807) is 27.0 Å². The lowest BCUT2D eigenvalue weighted by molar-refractivity contribution is 0.0989. The monoisotopic (exact) mass is 232 g/mol. The third-order valence-electron chi connectivity index (χ3n) is 2.27. The molecule has 88 valence electrons. The second-order valence-electron chi connectivity index (χ2n) is 3.78. The van der Waals surface area contributed by atoms with Crippen LogP contribution in [0.1, 0.15) is 27.6 Å². The van der Waals surface area contributed by atoms with E-state index in [4.69, 9.17) is 0 Å². The Morgan fingerprint density at radius 1 is 1.29 bits per heavy atom. The number of aryl methyl sites for hydroxylation is 3. The first-order valence-electron chi connectivity index (χ1n) is 5.13. The number of hydrogen-bond acceptors (Lipinski definition) is 6. The van der Waals surface area contributed by atoms with Crippen LogP contribution in [0.2, 0.25) is 0 Å². The first-order valence-corrected chi connectivity index (χ1v) is 5.13. The number of Topliss-reactive ketones (excluding diaryl/α,β-unsaturated/α-hetero) is 1. The van der Waals surface area contributed by atoms with Gasteiger partial charge in [0, 0.05) is 5.56 Å². The molecule has 0 N–H and O–H groups in total. The number of ketones is 1. The summed E-state index contributed by atoms with van der Waals surface area (Å²) in [7, 11) is 1.66. The number of tetrazole rings is 1. The lowest BCUT2D eigenvalue weighted by Gasteiger charge is -2.02. The van der Waals surface area contributed by atoms with E-state index in [0.717, 1.165) is 0 Å². The van der Waals surface area contributed by atoms with Crippen LogP contribution in [0, 0.1) is 13.8 Å². The number of carbonyl (C=O) groups excluding carboxylic acids is 1. The maximum atomic E-state index is 12.0. The highest BCUT2D eigenvalue weighted by Crippen LogP contribution is 2.08. The van der Waals surface area contributed by atoms with Crippen molar-refractivity contribution in [2.24, 2.45) is 7.05 Å². The first kappa shape index (κ1) is 11.3. The van der Waals surface area contributed by atoms with Gasteiger partial charge < -0.3 is 0 Å². The zero-order valence-corrected chi connectivity index (χ0v) is 9.88. The largest absolute Gasteiger partial charge is 0.294 e. The van der Waals surface area contributed by atoms with Crippen molar-refractivity contribution in [2.45, 2.75) is 20.3 Å². The summed E-state index contributed by atoms with van der Waals surface area (Å²) in [5, 5.41) is 19.2. The fourth-order valence-corrected chi connectivity index (χ4v) is 1.47. The van der Waals surface area contributed by atoms with Gasteiger partial charge in [-0.25, -0.2) is 0 Å². The van der Waals surface area contributed by atoms with Crippen molar-refractivity contribution in [3.63, 3.8) is 0 Å². The Hall–Kier alpha value is -2.18. The average Bonchev–Trinajstić information content (AvgIpc) is 2.67. The van der Waals surface area contributed by atoms with Crippen molar-refractivity contribution >= 4 is 5.78 Å². The summed E-state index contributed by atoms with van der Waals surface area (Å²) in [5.74, 6) is 0.333. The molecule has 2 aromatic heterocycles. The van der Waals surface area contributed by atoms with Gasteiger partial charge in [-0.05, 0) is 25.1 Å². The number of rotatable bonds is 3. The molecule has 0 aromatic carbocycles. The molecule has 0 unspecified atom stereocenters. The van der Waals surface area contributed by atoms with Crippen LogP contribution >= 0.6 is 0 Å².